The second-order valence-corrected chi connectivity index (χ2v) is 5.56. The average molecular weight is 313 g/mol. The fraction of sp³-hybridized carbons (Fsp3) is 0.600. The van der Waals surface area contributed by atoms with Crippen molar-refractivity contribution in [1.82, 2.24) is 5.32 Å². The molecule has 124 valence electrons. The number of phenols is 1. The summed E-state index contributed by atoms with van der Waals surface area (Å²) in [6.45, 7) is -0.477. The van der Waals surface area contributed by atoms with Crippen LogP contribution in [0.15, 0.2) is 24.3 Å². The zero-order chi connectivity index (χ0) is 16.3. The van der Waals surface area contributed by atoms with Gasteiger partial charge in [0.15, 0.2) is 6.29 Å². The molecule has 2 rings (SSSR count). The fourth-order valence-corrected chi connectivity index (χ4v) is 2.81. The number of phenolic OH excluding ortho intramolecular Hbond substituents is 1. The molecule has 1 saturated heterocycles. The lowest BCUT2D eigenvalue weighted by Crippen LogP contribution is -2.56. The third-order valence-electron chi connectivity index (χ3n) is 4.18. The minimum absolute atomic E-state index is 0.154. The molecule has 22 heavy (non-hydrogen) atoms. The van der Waals surface area contributed by atoms with E-state index in [1.54, 1.807) is 31.3 Å². The molecule has 0 bridgehead atoms. The van der Waals surface area contributed by atoms with E-state index in [9.17, 15) is 20.4 Å². The number of nitrogens with one attached hydrogen (secondary N) is 1. The van der Waals surface area contributed by atoms with Crippen LogP contribution in [0.4, 0.5) is 0 Å². The molecule has 0 aromatic heterocycles. The Labute approximate surface area is 128 Å². The van der Waals surface area contributed by atoms with Gasteiger partial charge >= 0.3 is 0 Å². The van der Waals surface area contributed by atoms with Gasteiger partial charge in [-0.25, -0.2) is 0 Å². The highest BCUT2D eigenvalue weighted by Gasteiger charge is 2.44. The lowest BCUT2D eigenvalue weighted by Gasteiger charge is -2.41. The van der Waals surface area contributed by atoms with Crippen molar-refractivity contribution in [2.45, 2.75) is 37.1 Å². The van der Waals surface area contributed by atoms with Gasteiger partial charge in [0.25, 0.3) is 0 Å². The average Bonchev–Trinajstić information content (AvgIpc) is 2.52. The van der Waals surface area contributed by atoms with Crippen molar-refractivity contribution in [2.24, 2.45) is 5.92 Å². The van der Waals surface area contributed by atoms with Gasteiger partial charge in [-0.15, -0.1) is 0 Å². The summed E-state index contributed by atoms with van der Waals surface area (Å²) in [5, 5.41) is 51.6. The Hall–Kier alpha value is -1.22. The van der Waals surface area contributed by atoms with Gasteiger partial charge in [0, 0.05) is 12.0 Å². The molecule has 0 radical (unpaired) electrons. The van der Waals surface area contributed by atoms with Crippen LogP contribution in [-0.2, 0) is 4.74 Å². The highest BCUT2D eigenvalue weighted by molar-refractivity contribution is 5.28. The predicted octanol–water partition coefficient (Wildman–Crippen LogP) is -0.910. The number of hydrogen-bond donors (Lipinski definition) is 6. The van der Waals surface area contributed by atoms with Gasteiger partial charge in [0.05, 0.1) is 12.7 Å². The maximum absolute atomic E-state index is 10.2. The van der Waals surface area contributed by atoms with E-state index in [0.29, 0.717) is 6.42 Å². The Balaban J connectivity index is 2.11. The van der Waals surface area contributed by atoms with Gasteiger partial charge < -0.3 is 35.6 Å². The quantitative estimate of drug-likeness (QED) is 0.416. The van der Waals surface area contributed by atoms with Crippen molar-refractivity contribution in [3.05, 3.63) is 29.8 Å². The normalized spacial score (nSPS) is 33.6. The van der Waals surface area contributed by atoms with E-state index in [1.807, 2.05) is 0 Å². The number of aromatic hydroxyl groups is 1. The van der Waals surface area contributed by atoms with Crippen LogP contribution in [-0.4, -0.2) is 63.8 Å². The Morgan fingerprint density at radius 3 is 2.32 bits per heavy atom. The number of ether oxygens (including phenoxy) is 1. The van der Waals surface area contributed by atoms with Crippen molar-refractivity contribution in [3.63, 3.8) is 0 Å². The Kier molecular flexibility index (Phi) is 5.74. The summed E-state index contributed by atoms with van der Waals surface area (Å²) >= 11 is 0. The van der Waals surface area contributed by atoms with Crippen LogP contribution in [0, 0.1) is 5.92 Å². The molecule has 1 fully saturated rings. The van der Waals surface area contributed by atoms with E-state index in [2.05, 4.69) is 5.32 Å². The molecule has 1 aliphatic rings. The molecule has 7 nitrogen and oxygen atoms in total. The highest BCUT2D eigenvalue weighted by atomic mass is 16.6. The van der Waals surface area contributed by atoms with Crippen LogP contribution in [0.25, 0.3) is 0 Å². The van der Waals surface area contributed by atoms with Crippen LogP contribution < -0.4 is 5.32 Å². The van der Waals surface area contributed by atoms with E-state index in [-0.39, 0.29) is 11.8 Å². The van der Waals surface area contributed by atoms with E-state index >= 15 is 0 Å². The number of benzene rings is 1. The standard InChI is InChI=1S/C15H23NO6/c1-16-11(8-2-4-9(18)5-3-8)6-10-13(19)14(20)12(7-17)22-15(10)21/h2-5,10-21H,6-7H2,1H3/t10-,11?,12+,13+,14+,15?/m0/s1. The Bertz CT molecular complexity index is 468. The molecule has 0 spiro atoms. The van der Waals surface area contributed by atoms with Gasteiger partial charge in [-0.1, -0.05) is 12.1 Å². The first-order valence-electron chi connectivity index (χ1n) is 7.24. The fourth-order valence-electron chi connectivity index (χ4n) is 2.81. The summed E-state index contributed by atoms with van der Waals surface area (Å²) in [5.74, 6) is -0.551. The van der Waals surface area contributed by atoms with Gasteiger partial charge in [-0.2, -0.15) is 0 Å². The first-order chi connectivity index (χ1) is 10.5. The molecule has 7 heteroatoms. The maximum Gasteiger partial charge on any atom is 0.160 e. The molecule has 0 saturated carbocycles. The largest absolute Gasteiger partial charge is 0.508 e. The third-order valence-corrected chi connectivity index (χ3v) is 4.18. The summed E-state index contributed by atoms with van der Waals surface area (Å²) in [6, 6.07) is 6.40. The number of hydrogen-bond acceptors (Lipinski definition) is 7. The van der Waals surface area contributed by atoms with Crippen molar-refractivity contribution in [2.75, 3.05) is 13.7 Å². The van der Waals surface area contributed by atoms with Crippen molar-refractivity contribution >= 4 is 0 Å². The molecule has 6 atom stereocenters. The van der Waals surface area contributed by atoms with Gasteiger partial charge in [0.2, 0.25) is 0 Å². The lowest BCUT2D eigenvalue weighted by molar-refractivity contribution is -0.271. The smallest absolute Gasteiger partial charge is 0.160 e. The van der Waals surface area contributed by atoms with Crippen LogP contribution in [0.2, 0.25) is 0 Å². The third kappa shape index (κ3) is 3.57. The minimum atomic E-state index is -1.27. The summed E-state index contributed by atoms with van der Waals surface area (Å²) in [4.78, 5) is 0. The lowest BCUT2D eigenvalue weighted by atomic mass is 9.84. The SMILES string of the molecule is CNC(C[C@@H]1C(O)O[C@H](CO)[C@@H](O)[C@@H]1O)c1ccc(O)cc1. The predicted molar refractivity (Wildman–Crippen MR) is 78.0 cm³/mol. The van der Waals surface area contributed by atoms with E-state index in [4.69, 9.17) is 9.84 Å². The van der Waals surface area contributed by atoms with E-state index < -0.39 is 37.1 Å². The highest BCUT2D eigenvalue weighted by Crippen LogP contribution is 2.32. The van der Waals surface area contributed by atoms with Gasteiger partial charge in [-0.3, -0.25) is 0 Å². The maximum atomic E-state index is 10.2. The Morgan fingerprint density at radius 1 is 1.14 bits per heavy atom. The first kappa shape index (κ1) is 17.1. The summed E-state index contributed by atoms with van der Waals surface area (Å²) < 4.78 is 5.16. The summed E-state index contributed by atoms with van der Waals surface area (Å²) in [6.07, 6.45) is -4.41. The second kappa shape index (κ2) is 7.36. The molecule has 1 heterocycles. The second-order valence-electron chi connectivity index (χ2n) is 5.56. The van der Waals surface area contributed by atoms with Crippen molar-refractivity contribution < 1.29 is 30.3 Å². The zero-order valence-corrected chi connectivity index (χ0v) is 12.3. The van der Waals surface area contributed by atoms with Crippen molar-refractivity contribution in [3.8, 4) is 5.75 Å². The zero-order valence-electron chi connectivity index (χ0n) is 12.3. The molecule has 0 amide bonds. The number of rotatable bonds is 5. The van der Waals surface area contributed by atoms with E-state index in [0.717, 1.165) is 5.56 Å². The van der Waals surface area contributed by atoms with Gasteiger partial charge in [-0.05, 0) is 31.2 Å². The molecule has 2 unspecified atom stereocenters. The Morgan fingerprint density at radius 2 is 1.77 bits per heavy atom. The van der Waals surface area contributed by atoms with Crippen molar-refractivity contribution in [1.29, 1.82) is 0 Å². The van der Waals surface area contributed by atoms with Crippen LogP contribution in [0.5, 0.6) is 5.75 Å². The molecular weight excluding hydrogens is 290 g/mol. The van der Waals surface area contributed by atoms with Crippen LogP contribution in [0.1, 0.15) is 18.0 Å². The molecule has 1 aliphatic heterocycles. The minimum Gasteiger partial charge on any atom is -0.508 e. The monoisotopic (exact) mass is 313 g/mol. The molecule has 1 aromatic rings. The molecule has 1 aromatic carbocycles. The number of aliphatic hydroxyl groups excluding tert-OH is 4. The molecular formula is C15H23NO6. The summed E-state index contributed by atoms with van der Waals surface area (Å²) in [5.41, 5.74) is 0.874. The first-order valence-corrected chi connectivity index (χ1v) is 7.24. The topological polar surface area (TPSA) is 122 Å². The molecule has 6 N–H and O–H groups in total. The van der Waals surface area contributed by atoms with Crippen LogP contribution >= 0.6 is 0 Å². The molecule has 0 aliphatic carbocycles. The van der Waals surface area contributed by atoms with Gasteiger partial charge in [0.1, 0.15) is 18.0 Å². The van der Waals surface area contributed by atoms with Crippen LogP contribution in [0.3, 0.4) is 0 Å². The van der Waals surface area contributed by atoms with E-state index in [1.165, 1.54) is 0 Å². The summed E-state index contributed by atoms with van der Waals surface area (Å²) in [7, 11) is 1.74. The number of aliphatic hydroxyl groups is 4.